The van der Waals surface area contributed by atoms with Crippen molar-refractivity contribution in [1.82, 2.24) is 14.9 Å². The minimum Gasteiger partial charge on any atom is -0.370 e. The molecule has 1 aromatic rings. The van der Waals surface area contributed by atoms with Crippen LogP contribution in [0.4, 0.5) is 5.95 Å². The zero-order valence-corrected chi connectivity index (χ0v) is 15.3. The highest BCUT2D eigenvalue weighted by Gasteiger charge is 2.28. The van der Waals surface area contributed by atoms with E-state index in [1.54, 1.807) is 39.2 Å². The molecule has 0 spiro atoms. The molecule has 8 nitrogen and oxygen atoms in total. The number of aliphatic imine (C=N–C) groups is 1. The van der Waals surface area contributed by atoms with Crippen LogP contribution in [0, 0.1) is 0 Å². The van der Waals surface area contributed by atoms with Gasteiger partial charge in [-0.3, -0.25) is 4.99 Å². The molecule has 1 saturated heterocycles. The van der Waals surface area contributed by atoms with Gasteiger partial charge in [-0.05, 0) is 26.8 Å². The molecule has 1 fully saturated rings. The summed E-state index contributed by atoms with van der Waals surface area (Å²) in [5.41, 5.74) is 6.00. The van der Waals surface area contributed by atoms with Crippen LogP contribution >= 0.6 is 0 Å². The SMILES string of the molecule is CC(C)(C)S(=O)(=O)CCN=C(N)N1CCN(c2ncccn2)CC1. The Balaban J connectivity index is 1.85. The van der Waals surface area contributed by atoms with E-state index in [9.17, 15) is 8.42 Å². The second-order valence-electron chi connectivity index (χ2n) is 6.69. The van der Waals surface area contributed by atoms with Gasteiger partial charge >= 0.3 is 0 Å². The van der Waals surface area contributed by atoms with E-state index in [1.807, 2.05) is 4.90 Å². The van der Waals surface area contributed by atoms with Crippen LogP contribution in [0.15, 0.2) is 23.5 Å². The summed E-state index contributed by atoms with van der Waals surface area (Å²) in [5, 5.41) is 0. The quantitative estimate of drug-likeness (QED) is 0.605. The topological polar surface area (TPSA) is 105 Å². The molecule has 0 radical (unpaired) electrons. The lowest BCUT2D eigenvalue weighted by Crippen LogP contribution is -2.51. The van der Waals surface area contributed by atoms with Crippen molar-refractivity contribution < 1.29 is 8.42 Å². The molecular weight excluding hydrogens is 328 g/mol. The molecule has 2 rings (SSSR count). The number of sulfone groups is 1. The van der Waals surface area contributed by atoms with Crippen LogP contribution in [0.3, 0.4) is 0 Å². The largest absolute Gasteiger partial charge is 0.370 e. The standard InChI is InChI=1S/C15H26N6O2S/c1-15(2,3)24(22,23)12-7-17-13(16)20-8-10-21(11-9-20)14-18-5-4-6-19-14/h4-6H,7-12H2,1-3H3,(H2,16,17). The third kappa shape index (κ3) is 4.56. The molecular formula is C15H26N6O2S. The second kappa shape index (κ2) is 7.33. The van der Waals surface area contributed by atoms with Gasteiger partial charge in [0.2, 0.25) is 5.95 Å². The number of nitrogens with two attached hydrogens (primary N) is 1. The fourth-order valence-electron chi connectivity index (χ4n) is 2.28. The Bertz CT molecular complexity index is 661. The fraction of sp³-hybridized carbons (Fsp3) is 0.667. The zero-order chi connectivity index (χ0) is 17.8. The van der Waals surface area contributed by atoms with Crippen molar-refractivity contribution in [2.45, 2.75) is 25.5 Å². The van der Waals surface area contributed by atoms with Crippen LogP contribution in [-0.4, -0.2) is 72.5 Å². The molecule has 0 aliphatic carbocycles. The molecule has 1 aromatic heterocycles. The lowest BCUT2D eigenvalue weighted by molar-refractivity contribution is 0.378. The van der Waals surface area contributed by atoms with Gasteiger partial charge in [-0.15, -0.1) is 0 Å². The van der Waals surface area contributed by atoms with Crippen molar-refractivity contribution in [3.63, 3.8) is 0 Å². The van der Waals surface area contributed by atoms with Crippen molar-refractivity contribution in [2.75, 3.05) is 43.4 Å². The molecule has 0 aromatic carbocycles. The number of guanidine groups is 1. The van der Waals surface area contributed by atoms with Crippen molar-refractivity contribution in [3.05, 3.63) is 18.5 Å². The monoisotopic (exact) mass is 354 g/mol. The third-order valence-electron chi connectivity index (χ3n) is 4.01. The van der Waals surface area contributed by atoms with E-state index >= 15 is 0 Å². The molecule has 0 atom stereocenters. The molecule has 0 amide bonds. The Labute approximate surface area is 143 Å². The van der Waals surface area contributed by atoms with Crippen LogP contribution in [-0.2, 0) is 9.84 Å². The second-order valence-corrected chi connectivity index (χ2v) is 9.56. The molecule has 1 aliphatic rings. The van der Waals surface area contributed by atoms with Crippen LogP contribution in [0.1, 0.15) is 20.8 Å². The number of hydrogen-bond acceptors (Lipinski definition) is 6. The van der Waals surface area contributed by atoms with Gasteiger partial charge in [0.05, 0.1) is 17.0 Å². The van der Waals surface area contributed by atoms with E-state index in [0.717, 1.165) is 13.1 Å². The van der Waals surface area contributed by atoms with Gasteiger partial charge < -0.3 is 15.5 Å². The van der Waals surface area contributed by atoms with Gasteiger partial charge in [0, 0.05) is 38.6 Å². The minimum absolute atomic E-state index is 0.00895. The van der Waals surface area contributed by atoms with E-state index in [0.29, 0.717) is 25.0 Å². The minimum atomic E-state index is -3.17. The maximum absolute atomic E-state index is 12.1. The normalized spacial score (nSPS) is 17.2. The van der Waals surface area contributed by atoms with Crippen LogP contribution < -0.4 is 10.6 Å². The summed E-state index contributed by atoms with van der Waals surface area (Å²) in [6.07, 6.45) is 3.44. The lowest BCUT2D eigenvalue weighted by Gasteiger charge is -2.35. The molecule has 0 bridgehead atoms. The number of nitrogens with zero attached hydrogens (tertiary/aromatic N) is 5. The first-order valence-electron chi connectivity index (χ1n) is 8.00. The molecule has 1 aliphatic heterocycles. The van der Waals surface area contributed by atoms with E-state index in [1.165, 1.54) is 0 Å². The number of aromatic nitrogens is 2. The first kappa shape index (κ1) is 18.4. The highest BCUT2D eigenvalue weighted by molar-refractivity contribution is 7.92. The van der Waals surface area contributed by atoms with E-state index in [2.05, 4.69) is 19.9 Å². The number of piperazine rings is 1. The number of anilines is 1. The van der Waals surface area contributed by atoms with Gasteiger partial charge in [-0.1, -0.05) is 0 Å². The summed E-state index contributed by atoms with van der Waals surface area (Å²) in [6, 6.07) is 1.79. The first-order valence-corrected chi connectivity index (χ1v) is 9.65. The predicted molar refractivity (Wildman–Crippen MR) is 95.8 cm³/mol. The molecule has 0 unspecified atom stereocenters. The molecule has 2 N–H and O–H groups in total. The van der Waals surface area contributed by atoms with Gasteiger partial charge in [-0.2, -0.15) is 0 Å². The van der Waals surface area contributed by atoms with E-state index in [4.69, 9.17) is 5.73 Å². The Hall–Kier alpha value is -1.90. The Morgan fingerprint density at radius 1 is 1.21 bits per heavy atom. The molecule has 0 saturated carbocycles. The van der Waals surface area contributed by atoms with Crippen molar-refractivity contribution in [2.24, 2.45) is 10.7 Å². The molecule has 134 valence electrons. The smallest absolute Gasteiger partial charge is 0.225 e. The summed E-state index contributed by atoms with van der Waals surface area (Å²) in [7, 11) is -3.17. The predicted octanol–water partition coefficient (Wildman–Crippen LogP) is 0.127. The summed E-state index contributed by atoms with van der Waals surface area (Å²) in [6.45, 7) is 8.19. The zero-order valence-electron chi connectivity index (χ0n) is 14.5. The average Bonchev–Trinajstić information content (AvgIpc) is 2.54. The van der Waals surface area contributed by atoms with Crippen molar-refractivity contribution in [1.29, 1.82) is 0 Å². The lowest BCUT2D eigenvalue weighted by atomic mass is 10.3. The Kier molecular flexibility index (Phi) is 5.63. The summed E-state index contributed by atoms with van der Waals surface area (Å²) in [4.78, 5) is 16.8. The number of rotatable bonds is 4. The first-order chi connectivity index (χ1) is 11.2. The van der Waals surface area contributed by atoms with E-state index in [-0.39, 0.29) is 12.3 Å². The van der Waals surface area contributed by atoms with Crippen molar-refractivity contribution in [3.8, 4) is 0 Å². The van der Waals surface area contributed by atoms with Crippen LogP contribution in [0.2, 0.25) is 0 Å². The van der Waals surface area contributed by atoms with Crippen LogP contribution in [0.5, 0.6) is 0 Å². The van der Waals surface area contributed by atoms with Crippen molar-refractivity contribution >= 4 is 21.7 Å². The Morgan fingerprint density at radius 2 is 1.79 bits per heavy atom. The fourth-order valence-corrected chi connectivity index (χ4v) is 3.22. The van der Waals surface area contributed by atoms with Gasteiger partial charge in [0.15, 0.2) is 15.8 Å². The maximum atomic E-state index is 12.1. The maximum Gasteiger partial charge on any atom is 0.225 e. The average molecular weight is 354 g/mol. The summed E-state index contributed by atoms with van der Waals surface area (Å²) < 4.78 is 23.4. The third-order valence-corrected chi connectivity index (χ3v) is 6.59. The number of hydrogen-bond donors (Lipinski definition) is 1. The molecule has 2 heterocycles. The van der Waals surface area contributed by atoms with Gasteiger partial charge in [0.1, 0.15) is 0 Å². The summed E-state index contributed by atoms with van der Waals surface area (Å²) >= 11 is 0. The Morgan fingerprint density at radius 3 is 2.33 bits per heavy atom. The molecule has 24 heavy (non-hydrogen) atoms. The van der Waals surface area contributed by atoms with E-state index < -0.39 is 14.6 Å². The summed E-state index contributed by atoms with van der Waals surface area (Å²) in [5.74, 6) is 1.12. The highest BCUT2D eigenvalue weighted by Crippen LogP contribution is 2.15. The van der Waals surface area contributed by atoms with Gasteiger partial charge in [0.25, 0.3) is 0 Å². The molecule has 9 heteroatoms. The highest BCUT2D eigenvalue weighted by atomic mass is 32.2. The van der Waals surface area contributed by atoms with Gasteiger partial charge in [-0.25, -0.2) is 18.4 Å². The van der Waals surface area contributed by atoms with Crippen LogP contribution in [0.25, 0.3) is 0 Å².